The maximum atomic E-state index is 13.4. The molecule has 0 spiro atoms. The van der Waals surface area contributed by atoms with Crippen molar-refractivity contribution >= 4 is 34.0 Å². The molecule has 1 atom stereocenters. The number of amides is 1. The molecule has 1 N–H and O–H groups in total. The van der Waals surface area contributed by atoms with E-state index in [0.29, 0.717) is 25.1 Å². The summed E-state index contributed by atoms with van der Waals surface area (Å²) in [5.41, 5.74) is 0.525. The number of H-pyrrole nitrogens is 1. The van der Waals surface area contributed by atoms with Gasteiger partial charge in [0.25, 0.3) is 0 Å². The van der Waals surface area contributed by atoms with Crippen LogP contribution in [0.4, 0.5) is 0 Å². The van der Waals surface area contributed by atoms with Crippen LogP contribution in [0.3, 0.4) is 0 Å². The van der Waals surface area contributed by atoms with Gasteiger partial charge < -0.3 is 14.4 Å². The first-order valence-electron chi connectivity index (χ1n) is 9.94. The molecular weight excluding hydrogens is 414 g/mol. The summed E-state index contributed by atoms with van der Waals surface area (Å²) in [5, 5.41) is 15.6. The summed E-state index contributed by atoms with van der Waals surface area (Å²) in [7, 11) is 0. The Morgan fingerprint density at radius 2 is 2.13 bits per heavy atom. The monoisotopic (exact) mass is 433 g/mol. The largest absolute Gasteiger partial charge is 0.868 e. The zero-order valence-electron chi connectivity index (χ0n) is 16.5. The molecule has 8 heteroatoms. The zero-order chi connectivity index (χ0) is 21.4. The smallest absolute Gasteiger partial charge is 0.241 e. The molecule has 4 aromatic rings. The lowest BCUT2D eigenvalue weighted by Gasteiger charge is -2.26. The average molecular weight is 433 g/mol. The van der Waals surface area contributed by atoms with Crippen molar-refractivity contribution in [1.82, 2.24) is 9.88 Å². The van der Waals surface area contributed by atoms with Crippen LogP contribution in [0.25, 0.3) is 11.0 Å². The number of fused-ring (bicyclic) bond motifs is 1. The Balaban J connectivity index is 1.47. The molecule has 0 radical (unpaired) electrons. The van der Waals surface area contributed by atoms with E-state index in [2.05, 4.69) is 4.98 Å². The average Bonchev–Trinajstić information content (AvgIpc) is 3.57. The van der Waals surface area contributed by atoms with Crippen LogP contribution in [0, 0.1) is 0 Å². The molecule has 156 valence electrons. The second kappa shape index (κ2) is 7.88. The van der Waals surface area contributed by atoms with E-state index in [9.17, 15) is 14.7 Å². The second-order valence-corrected chi connectivity index (χ2v) is 8.32. The van der Waals surface area contributed by atoms with Gasteiger partial charge in [0.2, 0.25) is 18.0 Å². The van der Waals surface area contributed by atoms with Gasteiger partial charge in [-0.1, -0.05) is 24.3 Å². The summed E-state index contributed by atoms with van der Waals surface area (Å²) in [6.07, 6.45) is 6.19. The van der Waals surface area contributed by atoms with Crippen LogP contribution in [0.15, 0.2) is 82.3 Å². The Bertz CT molecular complexity index is 1240. The molecule has 0 saturated heterocycles. The Hall–Kier alpha value is -3.65. The van der Waals surface area contributed by atoms with Gasteiger partial charge in [-0.25, -0.2) is 4.57 Å². The molecule has 1 aliphatic heterocycles. The molecule has 7 nitrogen and oxygen atoms in total. The number of nitrogens with zero attached hydrogens (tertiary/aromatic N) is 2. The Morgan fingerprint density at radius 3 is 2.87 bits per heavy atom. The predicted molar refractivity (Wildman–Crippen MR) is 112 cm³/mol. The summed E-state index contributed by atoms with van der Waals surface area (Å²) in [6.45, 7) is 1.05. The number of hydrogen-bond acceptors (Lipinski definition) is 5. The van der Waals surface area contributed by atoms with E-state index in [4.69, 9.17) is 4.42 Å². The van der Waals surface area contributed by atoms with E-state index in [1.165, 1.54) is 16.2 Å². The van der Waals surface area contributed by atoms with Gasteiger partial charge in [-0.2, -0.15) is 0 Å². The number of ketones is 1. The fourth-order valence-electron chi connectivity index (χ4n) is 3.95. The van der Waals surface area contributed by atoms with Crippen LogP contribution in [0.1, 0.15) is 27.9 Å². The van der Waals surface area contributed by atoms with E-state index in [0.717, 1.165) is 10.3 Å². The minimum atomic E-state index is -0.752. The van der Waals surface area contributed by atoms with Crippen LogP contribution in [0.2, 0.25) is 0 Å². The highest BCUT2D eigenvalue weighted by atomic mass is 32.1. The first kappa shape index (κ1) is 19.3. The number of aryl methyl sites for hydroxylation is 1. The first-order chi connectivity index (χ1) is 15.1. The SMILES string of the molecule is O=C(C1=C([O-])C(=O)N(CCC[n+]2cc[nH]c2)C1c1cccs1)c1cc2ccccc2o1. The third-order valence-corrected chi connectivity index (χ3v) is 6.33. The molecular formula is C23H19N3O4S. The first-order valence-corrected chi connectivity index (χ1v) is 10.8. The summed E-state index contributed by atoms with van der Waals surface area (Å²) in [4.78, 5) is 31.5. The van der Waals surface area contributed by atoms with Crippen molar-refractivity contribution in [3.8, 4) is 0 Å². The van der Waals surface area contributed by atoms with Crippen molar-refractivity contribution in [3.63, 3.8) is 0 Å². The molecule has 5 rings (SSSR count). The number of nitrogens with one attached hydrogen (secondary N) is 1. The summed E-state index contributed by atoms with van der Waals surface area (Å²) >= 11 is 1.42. The van der Waals surface area contributed by atoms with Gasteiger partial charge in [-0.05, 0) is 29.3 Å². The third-order valence-electron chi connectivity index (χ3n) is 5.41. The topological polar surface area (TPSA) is 93.2 Å². The highest BCUT2D eigenvalue weighted by molar-refractivity contribution is 7.10. The van der Waals surface area contributed by atoms with Gasteiger partial charge in [0.05, 0.1) is 12.6 Å². The van der Waals surface area contributed by atoms with Gasteiger partial charge >= 0.3 is 0 Å². The highest BCUT2D eigenvalue weighted by Gasteiger charge is 2.40. The van der Waals surface area contributed by atoms with Crippen LogP contribution in [-0.4, -0.2) is 28.1 Å². The third kappa shape index (κ3) is 3.44. The fourth-order valence-corrected chi connectivity index (χ4v) is 4.80. The van der Waals surface area contributed by atoms with E-state index >= 15 is 0 Å². The Kier molecular flexibility index (Phi) is 4.91. The van der Waals surface area contributed by atoms with Crippen molar-refractivity contribution in [2.24, 2.45) is 0 Å². The molecule has 0 saturated carbocycles. The number of rotatable bonds is 7. The standard InChI is InChI=1S/C23H19N3O4S/c27-21(17-13-15-5-1-2-6-16(15)30-17)19-20(18-7-3-12-31-18)26(23(29)22(19)28)10-4-9-25-11-8-24-14-25/h1-3,5-8,11-14,20H,4,9-10H2,(H,27,28). The van der Waals surface area contributed by atoms with Gasteiger partial charge in [0.15, 0.2) is 5.76 Å². The van der Waals surface area contributed by atoms with E-state index in [-0.39, 0.29) is 11.3 Å². The highest BCUT2D eigenvalue weighted by Crippen LogP contribution is 2.40. The number of Topliss-reactive ketones (excluding diaryl/α,β-unsaturated/α-hetero) is 1. The lowest BCUT2D eigenvalue weighted by atomic mass is 10.00. The van der Waals surface area contributed by atoms with E-state index in [1.54, 1.807) is 12.1 Å². The summed E-state index contributed by atoms with van der Waals surface area (Å²) in [6, 6.07) is 11.9. The van der Waals surface area contributed by atoms with Crippen LogP contribution in [-0.2, 0) is 11.3 Å². The minimum Gasteiger partial charge on any atom is -0.868 e. The number of imidazole rings is 1. The number of thiophene rings is 1. The van der Waals surface area contributed by atoms with Gasteiger partial charge in [0, 0.05) is 28.8 Å². The van der Waals surface area contributed by atoms with Crippen molar-refractivity contribution in [2.75, 3.05) is 6.54 Å². The number of para-hydroxylation sites is 1. The number of furan rings is 1. The molecule has 1 amide bonds. The lowest BCUT2D eigenvalue weighted by molar-refractivity contribution is -0.695. The summed E-state index contributed by atoms with van der Waals surface area (Å²) < 4.78 is 7.67. The number of aromatic amines is 1. The van der Waals surface area contributed by atoms with Gasteiger partial charge in [-0.3, -0.25) is 14.6 Å². The van der Waals surface area contributed by atoms with Crippen molar-refractivity contribution in [1.29, 1.82) is 0 Å². The normalized spacial score (nSPS) is 16.6. The number of carbonyl (C=O) groups excluding carboxylic acids is 2. The van der Waals surface area contributed by atoms with Crippen LogP contribution in [0.5, 0.6) is 0 Å². The molecule has 0 fully saturated rings. The molecule has 4 heterocycles. The molecule has 0 aliphatic carbocycles. The number of aromatic nitrogens is 2. The number of hydrogen-bond donors (Lipinski definition) is 1. The number of benzene rings is 1. The van der Waals surface area contributed by atoms with E-state index < -0.39 is 23.5 Å². The van der Waals surface area contributed by atoms with Crippen LogP contribution < -0.4 is 9.67 Å². The fraction of sp³-hybridized carbons (Fsp3) is 0.174. The van der Waals surface area contributed by atoms with Gasteiger partial charge in [0.1, 0.15) is 18.0 Å². The lowest BCUT2D eigenvalue weighted by Crippen LogP contribution is -2.37. The molecule has 1 aliphatic rings. The molecule has 1 unspecified atom stereocenters. The zero-order valence-corrected chi connectivity index (χ0v) is 17.3. The van der Waals surface area contributed by atoms with Crippen molar-refractivity contribution in [3.05, 3.63) is 88.5 Å². The van der Waals surface area contributed by atoms with E-state index in [1.807, 2.05) is 59.0 Å². The van der Waals surface area contributed by atoms with Crippen LogP contribution >= 0.6 is 11.3 Å². The molecule has 0 bridgehead atoms. The number of carbonyl (C=O) groups is 2. The second-order valence-electron chi connectivity index (χ2n) is 7.34. The summed E-state index contributed by atoms with van der Waals surface area (Å²) in [5.74, 6) is -1.85. The quantitative estimate of drug-likeness (QED) is 0.358. The molecule has 31 heavy (non-hydrogen) atoms. The van der Waals surface area contributed by atoms with Crippen molar-refractivity contribution < 1.29 is 23.7 Å². The molecule has 3 aromatic heterocycles. The Morgan fingerprint density at radius 1 is 1.26 bits per heavy atom. The van der Waals surface area contributed by atoms with Crippen molar-refractivity contribution in [2.45, 2.75) is 19.0 Å². The Labute approximate surface area is 181 Å². The minimum absolute atomic E-state index is 0.0409. The maximum absolute atomic E-state index is 13.4. The maximum Gasteiger partial charge on any atom is 0.241 e. The molecule has 1 aromatic carbocycles. The van der Waals surface area contributed by atoms with Gasteiger partial charge in [-0.15, -0.1) is 11.3 Å². The predicted octanol–water partition coefficient (Wildman–Crippen LogP) is 2.58.